The fourth-order valence-corrected chi connectivity index (χ4v) is 12.6. The fourth-order valence-electron chi connectivity index (χ4n) is 12.6. The Morgan fingerprint density at radius 1 is 0.636 bits per heavy atom. The average molecular weight is 889 g/mol. The Bertz CT molecular complexity index is 3330. The van der Waals surface area contributed by atoms with Crippen LogP contribution in [0.15, 0.2) is 88.5 Å². The largest absolute Gasteiger partial charge is 0.443 e. The molecule has 2 fully saturated rings. The normalized spacial score (nSPS) is 23.9. The van der Waals surface area contributed by atoms with Gasteiger partial charge in [0.05, 0.1) is 80.4 Å². The minimum atomic E-state index is -1.05. The molecular formula is C50H40F4N10O2. The van der Waals surface area contributed by atoms with Crippen LogP contribution >= 0.6 is 0 Å². The van der Waals surface area contributed by atoms with E-state index in [1.807, 2.05) is 20.8 Å². The molecule has 0 amide bonds. The van der Waals surface area contributed by atoms with Gasteiger partial charge in [-0.1, -0.05) is 39.8 Å². The van der Waals surface area contributed by atoms with Crippen LogP contribution in [0.3, 0.4) is 0 Å². The van der Waals surface area contributed by atoms with Crippen molar-refractivity contribution >= 4 is 0 Å². The molecule has 4 bridgehead atoms. The summed E-state index contributed by atoms with van der Waals surface area (Å²) >= 11 is 0. The van der Waals surface area contributed by atoms with Crippen LogP contribution in [0, 0.1) is 47.9 Å². The summed E-state index contributed by atoms with van der Waals surface area (Å²) in [4.78, 5) is 27.9. The molecule has 1 unspecified atom stereocenters. The van der Waals surface area contributed by atoms with Crippen LogP contribution in [-0.2, 0) is 10.8 Å². The number of aryl methyl sites for hydroxylation is 2. The molecule has 5 atom stereocenters. The Balaban J connectivity index is 0.994. The van der Waals surface area contributed by atoms with E-state index in [2.05, 4.69) is 44.0 Å². The quantitative estimate of drug-likeness (QED) is 0.140. The first-order chi connectivity index (χ1) is 31.7. The van der Waals surface area contributed by atoms with Crippen LogP contribution in [0.2, 0.25) is 0 Å². The molecule has 12 rings (SSSR count). The molecule has 330 valence electrons. The van der Waals surface area contributed by atoms with Crippen molar-refractivity contribution in [1.82, 2.24) is 50.3 Å². The van der Waals surface area contributed by atoms with E-state index in [1.54, 1.807) is 56.3 Å². The molecular weight excluding hydrogens is 849 g/mol. The Labute approximate surface area is 375 Å². The first-order valence-electron chi connectivity index (χ1n) is 21.8. The minimum Gasteiger partial charge on any atom is -0.443 e. The number of aromatic nitrogens is 10. The molecule has 12 nitrogen and oxygen atoms in total. The van der Waals surface area contributed by atoms with Crippen molar-refractivity contribution < 1.29 is 26.4 Å². The molecule has 0 radical (unpaired) electrons. The molecule has 0 spiro atoms. The van der Waals surface area contributed by atoms with Gasteiger partial charge < -0.3 is 8.83 Å². The maximum atomic E-state index is 17.8. The van der Waals surface area contributed by atoms with Gasteiger partial charge in [-0.25, -0.2) is 37.5 Å². The summed E-state index contributed by atoms with van der Waals surface area (Å²) in [6.45, 7) is 12.0. The van der Waals surface area contributed by atoms with Gasteiger partial charge in [0.1, 0.15) is 40.9 Å². The van der Waals surface area contributed by atoms with Gasteiger partial charge in [0, 0.05) is 19.3 Å². The molecule has 0 N–H and O–H groups in total. The van der Waals surface area contributed by atoms with Crippen LogP contribution in [0.4, 0.5) is 17.6 Å². The maximum Gasteiger partial charge on any atom is 0.246 e. The maximum absolute atomic E-state index is 17.8. The van der Waals surface area contributed by atoms with Crippen molar-refractivity contribution in [2.24, 2.45) is 10.8 Å². The number of fused-ring (bicyclic) bond motifs is 10. The predicted molar refractivity (Wildman–Crippen MR) is 230 cm³/mol. The third-order valence-electron chi connectivity index (χ3n) is 15.6. The van der Waals surface area contributed by atoms with Gasteiger partial charge in [-0.2, -0.15) is 10.2 Å². The van der Waals surface area contributed by atoms with E-state index >= 15 is 17.6 Å². The summed E-state index contributed by atoms with van der Waals surface area (Å²) in [6.07, 6.45) is 11.5. The van der Waals surface area contributed by atoms with Crippen LogP contribution in [0.1, 0.15) is 116 Å². The highest BCUT2D eigenvalue weighted by Gasteiger charge is 2.69. The van der Waals surface area contributed by atoms with Crippen molar-refractivity contribution in [2.45, 2.75) is 89.4 Å². The minimum absolute atomic E-state index is 0.00677. The molecule has 0 saturated heterocycles. The van der Waals surface area contributed by atoms with Gasteiger partial charge in [0.25, 0.3) is 0 Å². The summed E-state index contributed by atoms with van der Waals surface area (Å²) in [7, 11) is 0. The second kappa shape index (κ2) is 13.7. The van der Waals surface area contributed by atoms with Gasteiger partial charge in [-0.05, 0) is 102 Å². The molecule has 66 heavy (non-hydrogen) atoms. The standard InChI is InChI=1S/C50H40F4N10O2/c1-23-22-65-46(58-23)36-18-56-20-38(60-36)49-13-12-29(47(49,3)4)26-14-34(62-63-44(26)49)41-32(53)11-10-25(43(41)54)28-16-50(39-21-55-17-35(59-39)37-19-57-24(2)66-37)45-27(42(28)48(50,5)6)15-33(61-64-45)40-30(51)8-7-9-31(40)52/h7-11,14-15,17-22,28-29,42H,12-13,16H2,1-6H3/t28?,29-,42+,49-,50-/m0/s1. The Morgan fingerprint density at radius 2 is 1.29 bits per heavy atom. The van der Waals surface area contributed by atoms with Crippen molar-refractivity contribution in [1.29, 1.82) is 0 Å². The molecule has 0 aliphatic heterocycles. The van der Waals surface area contributed by atoms with Crippen molar-refractivity contribution in [3.63, 3.8) is 0 Å². The number of halogens is 4. The van der Waals surface area contributed by atoms with E-state index < -0.39 is 56.8 Å². The number of hydrogen-bond donors (Lipinski definition) is 0. The lowest BCUT2D eigenvalue weighted by Gasteiger charge is -2.37. The summed E-state index contributed by atoms with van der Waals surface area (Å²) in [5, 5.41) is 18.5. The Kier molecular flexibility index (Phi) is 8.40. The number of rotatable bonds is 7. The van der Waals surface area contributed by atoms with E-state index in [0.717, 1.165) is 36.2 Å². The van der Waals surface area contributed by atoms with Gasteiger partial charge in [-0.15, -0.1) is 10.2 Å². The first-order valence-corrected chi connectivity index (χ1v) is 21.8. The molecule has 8 aromatic rings. The predicted octanol–water partition coefficient (Wildman–Crippen LogP) is 10.5. The Morgan fingerprint density at radius 3 is 1.98 bits per heavy atom. The highest BCUT2D eigenvalue weighted by molar-refractivity contribution is 5.68. The van der Waals surface area contributed by atoms with Crippen molar-refractivity contribution in [3.05, 3.63) is 154 Å². The number of oxazole rings is 2. The smallest absolute Gasteiger partial charge is 0.246 e. The average Bonchev–Trinajstić information content (AvgIpc) is 4.12. The summed E-state index contributed by atoms with van der Waals surface area (Å²) in [5.74, 6) is -3.07. The zero-order valence-corrected chi connectivity index (χ0v) is 36.7. The van der Waals surface area contributed by atoms with Crippen LogP contribution in [0.25, 0.3) is 45.6 Å². The van der Waals surface area contributed by atoms with E-state index in [9.17, 15) is 0 Å². The Hall–Kier alpha value is -7.10. The fraction of sp³-hybridized carbons (Fsp3) is 0.320. The topological polar surface area (TPSA) is 155 Å². The lowest BCUT2D eigenvalue weighted by molar-refractivity contribution is 0.241. The lowest BCUT2D eigenvalue weighted by Crippen LogP contribution is -2.38. The van der Waals surface area contributed by atoms with E-state index in [4.69, 9.17) is 29.0 Å². The van der Waals surface area contributed by atoms with Gasteiger partial charge >= 0.3 is 0 Å². The second-order valence-corrected chi connectivity index (χ2v) is 19.2. The van der Waals surface area contributed by atoms with Gasteiger partial charge in [0.15, 0.2) is 11.7 Å². The summed E-state index contributed by atoms with van der Waals surface area (Å²) in [5.41, 5.74) is 2.39. The van der Waals surface area contributed by atoms with E-state index in [0.29, 0.717) is 57.3 Å². The van der Waals surface area contributed by atoms with Crippen LogP contribution in [-0.4, -0.2) is 50.3 Å². The molecule has 6 heterocycles. The van der Waals surface area contributed by atoms with Crippen LogP contribution < -0.4 is 0 Å². The zero-order valence-electron chi connectivity index (χ0n) is 36.7. The molecule has 4 aliphatic carbocycles. The molecule has 4 aliphatic rings. The van der Waals surface area contributed by atoms with Crippen molar-refractivity contribution in [3.8, 4) is 45.6 Å². The van der Waals surface area contributed by atoms with Gasteiger partial charge in [0.2, 0.25) is 5.89 Å². The highest BCUT2D eigenvalue weighted by Crippen LogP contribution is 2.74. The lowest BCUT2D eigenvalue weighted by atomic mass is 9.66. The number of benzene rings is 2. The second-order valence-electron chi connectivity index (χ2n) is 19.2. The highest BCUT2D eigenvalue weighted by atomic mass is 19.1. The zero-order chi connectivity index (χ0) is 45.7. The molecule has 16 heteroatoms. The number of hydrogen-bond acceptors (Lipinski definition) is 12. The molecule has 2 aromatic carbocycles. The van der Waals surface area contributed by atoms with Crippen molar-refractivity contribution in [2.75, 3.05) is 0 Å². The SMILES string of the molecule is Cc1coc(-c2cncc([C@@]34CC[C@@H](c5cc(-c6c(F)ccc(C7C[C@]8(c9cncc(-c%10cnc(C)o%10)n9)c9nnc(-c%10c(F)cccc%10F)cc9[C@H]7C8(C)C)c6F)nnc53)C4(C)C)n2)n1. The third-order valence-corrected chi connectivity index (χ3v) is 15.6. The first kappa shape index (κ1) is 40.4. The van der Waals surface area contributed by atoms with Gasteiger partial charge in [-0.3, -0.25) is 9.97 Å². The monoisotopic (exact) mass is 888 g/mol. The molecule has 6 aromatic heterocycles. The summed E-state index contributed by atoms with van der Waals surface area (Å²) < 4.78 is 76.4. The third kappa shape index (κ3) is 5.20. The van der Waals surface area contributed by atoms with E-state index in [1.165, 1.54) is 18.2 Å². The summed E-state index contributed by atoms with van der Waals surface area (Å²) in [6, 6.07) is 9.80. The van der Waals surface area contributed by atoms with E-state index in [-0.39, 0.29) is 40.4 Å². The number of nitrogens with zero attached hydrogens (tertiary/aromatic N) is 10. The molecule has 2 saturated carbocycles. The van der Waals surface area contributed by atoms with Crippen LogP contribution in [0.5, 0.6) is 0 Å².